The van der Waals surface area contributed by atoms with Crippen LogP contribution in [0.15, 0.2) is 24.3 Å². The minimum atomic E-state index is -0.453. The van der Waals surface area contributed by atoms with Gasteiger partial charge in [0.05, 0.1) is 4.92 Å². The third-order valence-electron chi connectivity index (χ3n) is 4.86. The maximum absolute atomic E-state index is 12.3. The van der Waals surface area contributed by atoms with E-state index in [2.05, 4.69) is 28.6 Å². The Morgan fingerprint density at radius 2 is 2.16 bits per heavy atom. The Morgan fingerprint density at radius 3 is 2.88 bits per heavy atom. The summed E-state index contributed by atoms with van der Waals surface area (Å²) in [5, 5.41) is 18.1. The molecule has 0 radical (unpaired) electrons. The third kappa shape index (κ3) is 3.55. The lowest BCUT2D eigenvalue weighted by Crippen LogP contribution is -2.33. The van der Waals surface area contributed by atoms with Crippen molar-refractivity contribution in [2.75, 3.05) is 6.54 Å². The van der Waals surface area contributed by atoms with Crippen molar-refractivity contribution in [3.05, 3.63) is 56.9 Å². The summed E-state index contributed by atoms with van der Waals surface area (Å²) in [5.74, 6) is 0.146. The van der Waals surface area contributed by atoms with Crippen LogP contribution in [0.25, 0.3) is 0 Å². The number of hydrogen-bond donors (Lipinski definition) is 1. The fourth-order valence-electron chi connectivity index (χ4n) is 3.60. The van der Waals surface area contributed by atoms with Gasteiger partial charge in [0.15, 0.2) is 0 Å². The minimum Gasteiger partial charge on any atom is -0.354 e. The summed E-state index contributed by atoms with van der Waals surface area (Å²) in [7, 11) is 0. The zero-order valence-corrected chi connectivity index (χ0v) is 14.5. The summed E-state index contributed by atoms with van der Waals surface area (Å²) < 4.78 is 1.40. The molecule has 0 saturated heterocycles. The molecule has 3 rings (SSSR count). The topological polar surface area (TPSA) is 90.1 Å². The molecule has 0 fully saturated rings. The number of nitro groups is 1. The monoisotopic (exact) mass is 342 g/mol. The van der Waals surface area contributed by atoms with Crippen molar-refractivity contribution in [2.24, 2.45) is 0 Å². The summed E-state index contributed by atoms with van der Waals surface area (Å²) >= 11 is 0. The molecule has 7 nitrogen and oxygen atoms in total. The van der Waals surface area contributed by atoms with Crippen molar-refractivity contribution >= 4 is 11.6 Å². The average Bonchev–Trinajstić information content (AvgIpc) is 2.86. The van der Waals surface area contributed by atoms with Crippen LogP contribution in [0.1, 0.15) is 41.3 Å². The SMILES string of the molecule is Cc1nn(CC(=O)NCC2CCCc3ccccc32)c(C)c1[N+](=O)[O-]. The van der Waals surface area contributed by atoms with E-state index in [9.17, 15) is 14.9 Å². The lowest BCUT2D eigenvalue weighted by atomic mass is 9.83. The van der Waals surface area contributed by atoms with Crippen LogP contribution >= 0.6 is 0 Å². The number of nitrogens with one attached hydrogen (secondary N) is 1. The van der Waals surface area contributed by atoms with Gasteiger partial charge in [-0.25, -0.2) is 0 Å². The smallest absolute Gasteiger partial charge is 0.312 e. The fourth-order valence-corrected chi connectivity index (χ4v) is 3.60. The second kappa shape index (κ2) is 7.04. The summed E-state index contributed by atoms with van der Waals surface area (Å²) in [6.07, 6.45) is 3.28. The van der Waals surface area contributed by atoms with Crippen LogP contribution in [-0.4, -0.2) is 27.2 Å². The summed E-state index contributed by atoms with van der Waals surface area (Å²) in [6, 6.07) is 8.37. The summed E-state index contributed by atoms with van der Waals surface area (Å²) in [4.78, 5) is 22.9. The lowest BCUT2D eigenvalue weighted by molar-refractivity contribution is -0.386. The van der Waals surface area contributed by atoms with E-state index in [1.54, 1.807) is 13.8 Å². The number of carbonyl (C=O) groups excluding carboxylic acids is 1. The predicted molar refractivity (Wildman–Crippen MR) is 93.5 cm³/mol. The molecule has 0 spiro atoms. The number of carbonyl (C=O) groups is 1. The van der Waals surface area contributed by atoms with Crippen molar-refractivity contribution in [1.82, 2.24) is 15.1 Å². The van der Waals surface area contributed by atoms with E-state index in [0.717, 1.165) is 19.3 Å². The first kappa shape index (κ1) is 17.1. The van der Waals surface area contributed by atoms with Crippen molar-refractivity contribution in [3.63, 3.8) is 0 Å². The van der Waals surface area contributed by atoms with Crippen molar-refractivity contribution in [1.29, 1.82) is 0 Å². The average molecular weight is 342 g/mol. The molecule has 0 bridgehead atoms. The molecule has 2 aromatic rings. The fraction of sp³-hybridized carbons (Fsp3) is 0.444. The van der Waals surface area contributed by atoms with Gasteiger partial charge in [-0.15, -0.1) is 0 Å². The Morgan fingerprint density at radius 1 is 1.40 bits per heavy atom. The highest BCUT2D eigenvalue weighted by atomic mass is 16.6. The molecule has 1 N–H and O–H groups in total. The normalized spacial score (nSPS) is 16.3. The Kier molecular flexibility index (Phi) is 4.83. The van der Waals surface area contributed by atoms with Gasteiger partial charge in [-0.3, -0.25) is 19.6 Å². The number of fused-ring (bicyclic) bond motifs is 1. The van der Waals surface area contributed by atoms with Gasteiger partial charge in [0.25, 0.3) is 0 Å². The number of benzene rings is 1. The molecule has 7 heteroatoms. The first-order valence-electron chi connectivity index (χ1n) is 8.50. The van der Waals surface area contributed by atoms with Crippen molar-refractivity contribution in [2.45, 2.75) is 45.6 Å². The van der Waals surface area contributed by atoms with E-state index >= 15 is 0 Å². The van der Waals surface area contributed by atoms with Crippen LogP contribution in [0.5, 0.6) is 0 Å². The van der Waals surface area contributed by atoms with Gasteiger partial charge in [-0.05, 0) is 44.2 Å². The summed E-state index contributed by atoms with van der Waals surface area (Å²) in [6.45, 7) is 3.77. The molecule has 1 atom stereocenters. The van der Waals surface area contributed by atoms with Crippen LogP contribution in [-0.2, 0) is 17.8 Å². The second-order valence-corrected chi connectivity index (χ2v) is 6.53. The molecule has 1 heterocycles. The maximum Gasteiger partial charge on any atom is 0.312 e. The number of rotatable bonds is 5. The maximum atomic E-state index is 12.3. The quantitative estimate of drug-likeness (QED) is 0.668. The van der Waals surface area contributed by atoms with Crippen molar-refractivity contribution in [3.8, 4) is 0 Å². The molecule has 1 aromatic heterocycles. The molecule has 0 aliphatic heterocycles. The highest BCUT2D eigenvalue weighted by Crippen LogP contribution is 2.30. The molecule has 1 aromatic carbocycles. The zero-order valence-electron chi connectivity index (χ0n) is 14.5. The lowest BCUT2D eigenvalue weighted by Gasteiger charge is -2.25. The zero-order chi connectivity index (χ0) is 18.0. The molecule has 1 unspecified atom stereocenters. The Bertz CT molecular complexity index is 813. The molecular weight excluding hydrogens is 320 g/mol. The van der Waals surface area contributed by atoms with Gasteiger partial charge in [-0.2, -0.15) is 5.10 Å². The second-order valence-electron chi connectivity index (χ2n) is 6.53. The standard InChI is InChI=1S/C18H22N4O3/c1-12-18(22(24)25)13(2)21(20-12)11-17(23)19-10-15-8-5-7-14-6-3-4-9-16(14)15/h3-4,6,9,15H,5,7-8,10-11H2,1-2H3,(H,19,23). The van der Waals surface area contributed by atoms with Gasteiger partial charge >= 0.3 is 5.69 Å². The van der Waals surface area contributed by atoms with Gasteiger partial charge in [0, 0.05) is 12.5 Å². The van der Waals surface area contributed by atoms with Gasteiger partial charge in [0.2, 0.25) is 5.91 Å². The first-order valence-corrected chi connectivity index (χ1v) is 8.50. The van der Waals surface area contributed by atoms with E-state index in [4.69, 9.17) is 0 Å². The number of amides is 1. The van der Waals surface area contributed by atoms with E-state index in [1.807, 2.05) is 6.07 Å². The first-order chi connectivity index (χ1) is 12.0. The third-order valence-corrected chi connectivity index (χ3v) is 4.86. The number of hydrogen-bond acceptors (Lipinski definition) is 4. The summed E-state index contributed by atoms with van der Waals surface area (Å²) in [5.41, 5.74) is 3.39. The molecule has 1 aliphatic rings. The van der Waals surface area contributed by atoms with Crippen LogP contribution in [0.4, 0.5) is 5.69 Å². The molecule has 132 valence electrons. The molecule has 1 aliphatic carbocycles. The highest BCUT2D eigenvalue weighted by molar-refractivity contribution is 5.76. The predicted octanol–water partition coefficient (Wildman–Crippen LogP) is 2.64. The van der Waals surface area contributed by atoms with Crippen LogP contribution in [0, 0.1) is 24.0 Å². The number of nitrogens with zero attached hydrogens (tertiary/aromatic N) is 3. The Labute approximate surface area is 146 Å². The molecule has 0 saturated carbocycles. The Balaban J connectivity index is 1.63. The van der Waals surface area contributed by atoms with Gasteiger partial charge in [-0.1, -0.05) is 24.3 Å². The number of aryl methyl sites for hydroxylation is 2. The molecule has 1 amide bonds. The van der Waals surface area contributed by atoms with Crippen molar-refractivity contribution < 1.29 is 9.72 Å². The van der Waals surface area contributed by atoms with E-state index in [-0.39, 0.29) is 18.1 Å². The van der Waals surface area contributed by atoms with Crippen LogP contribution < -0.4 is 5.32 Å². The van der Waals surface area contributed by atoms with Gasteiger partial charge in [0.1, 0.15) is 17.9 Å². The number of aromatic nitrogens is 2. The van der Waals surface area contributed by atoms with Gasteiger partial charge < -0.3 is 5.32 Å². The molecule has 25 heavy (non-hydrogen) atoms. The molecular formula is C18H22N4O3. The Hall–Kier alpha value is -2.70. The van der Waals surface area contributed by atoms with E-state index in [0.29, 0.717) is 23.9 Å². The van der Waals surface area contributed by atoms with E-state index in [1.165, 1.54) is 15.8 Å². The minimum absolute atomic E-state index is 0.00508. The van der Waals surface area contributed by atoms with Crippen LogP contribution in [0.3, 0.4) is 0 Å². The highest BCUT2D eigenvalue weighted by Gasteiger charge is 2.24. The van der Waals surface area contributed by atoms with Crippen LogP contribution in [0.2, 0.25) is 0 Å². The van der Waals surface area contributed by atoms with E-state index < -0.39 is 4.92 Å². The largest absolute Gasteiger partial charge is 0.354 e.